The summed E-state index contributed by atoms with van der Waals surface area (Å²) in [5, 5.41) is 19.8. The maximum Gasteiger partial charge on any atom is 0.407 e. The number of likely N-dealkylation sites (tertiary alicyclic amines) is 1. The summed E-state index contributed by atoms with van der Waals surface area (Å²) in [4.78, 5) is 27.1. The number of anilines is 1. The fourth-order valence-electron chi connectivity index (χ4n) is 6.25. The molecule has 3 aliphatic rings. The maximum atomic E-state index is 15.1. The highest BCUT2D eigenvalue weighted by Crippen LogP contribution is 2.45. The van der Waals surface area contributed by atoms with E-state index in [1.807, 2.05) is 17.0 Å². The zero-order chi connectivity index (χ0) is 28.5. The molecule has 41 heavy (non-hydrogen) atoms. The van der Waals surface area contributed by atoms with Crippen molar-refractivity contribution in [2.24, 2.45) is 0 Å². The fourth-order valence-corrected chi connectivity index (χ4v) is 6.25. The summed E-state index contributed by atoms with van der Waals surface area (Å²) in [6.45, 7) is 2.87. The lowest BCUT2D eigenvalue weighted by Gasteiger charge is -2.40. The van der Waals surface area contributed by atoms with E-state index < -0.39 is 12.1 Å². The zero-order valence-electron chi connectivity index (χ0n) is 23.1. The van der Waals surface area contributed by atoms with Crippen LogP contribution < -0.4 is 14.4 Å². The van der Waals surface area contributed by atoms with E-state index >= 15 is 4.39 Å². The van der Waals surface area contributed by atoms with Crippen LogP contribution in [0.25, 0.3) is 22.0 Å². The van der Waals surface area contributed by atoms with Gasteiger partial charge < -0.3 is 29.3 Å². The summed E-state index contributed by atoms with van der Waals surface area (Å²) in [5.74, 6) is 0.886. The quantitative estimate of drug-likeness (QED) is 0.471. The highest BCUT2D eigenvalue weighted by Gasteiger charge is 2.34. The van der Waals surface area contributed by atoms with Gasteiger partial charge in [-0.2, -0.15) is 15.2 Å². The van der Waals surface area contributed by atoms with Crippen LogP contribution in [0.4, 0.5) is 15.0 Å². The average Bonchev–Trinajstić information content (AvgIpc) is 3.40. The monoisotopic (exact) mass is 560 g/mol. The standard InChI is InChI=1S/C30H33FN6O4/c1-35-12-4-6-20(35)18-41-29-33-25-16-23(21-7-2-3-9-24(21)31)22-8-5-15-40-27(22)26(25)28(34-29)36-13-14-37(30(38)39)19(17-36)10-11-32/h2-3,7,9,16,19-20H,4-6,8,10,12-15,17-18H2,1H3,(H,38,39)/t19-,20-/m0/s1. The predicted octanol–water partition coefficient (Wildman–Crippen LogP) is 4.32. The first-order valence-corrected chi connectivity index (χ1v) is 14.1. The number of hydrogen-bond donors (Lipinski definition) is 1. The van der Waals surface area contributed by atoms with Gasteiger partial charge in [0, 0.05) is 36.8 Å². The van der Waals surface area contributed by atoms with Crippen molar-refractivity contribution in [3.63, 3.8) is 0 Å². The molecule has 0 bridgehead atoms. The Morgan fingerprint density at radius 1 is 1.20 bits per heavy atom. The van der Waals surface area contributed by atoms with E-state index in [1.165, 1.54) is 11.0 Å². The van der Waals surface area contributed by atoms with Crippen molar-refractivity contribution < 1.29 is 23.8 Å². The second-order valence-electron chi connectivity index (χ2n) is 10.9. The van der Waals surface area contributed by atoms with Crippen LogP contribution in [0.2, 0.25) is 0 Å². The lowest BCUT2D eigenvalue weighted by atomic mass is 9.92. The molecule has 2 saturated heterocycles. The molecule has 214 valence electrons. The van der Waals surface area contributed by atoms with Gasteiger partial charge in [0.25, 0.3) is 0 Å². The van der Waals surface area contributed by atoms with Gasteiger partial charge in [0.2, 0.25) is 0 Å². The molecule has 10 nitrogen and oxygen atoms in total. The first kappa shape index (κ1) is 27.0. The summed E-state index contributed by atoms with van der Waals surface area (Å²) in [7, 11) is 2.08. The largest absolute Gasteiger partial charge is 0.492 e. The second kappa shape index (κ2) is 11.4. The SMILES string of the molecule is CN1CCC[C@H]1COc1nc(N2CCN(C(=O)O)[C@@H](CC#N)C2)c2c3c(c(-c4ccccc4F)cc2n1)CCCO3. The number of piperazine rings is 1. The number of nitriles is 1. The van der Waals surface area contributed by atoms with Crippen LogP contribution in [-0.2, 0) is 6.42 Å². The Kier molecular flexibility index (Phi) is 7.49. The summed E-state index contributed by atoms with van der Waals surface area (Å²) < 4.78 is 27.5. The van der Waals surface area contributed by atoms with Gasteiger partial charge in [-0.05, 0) is 57.0 Å². The third kappa shape index (κ3) is 5.20. The smallest absolute Gasteiger partial charge is 0.407 e. The molecule has 1 amide bonds. The molecule has 1 aromatic heterocycles. The van der Waals surface area contributed by atoms with Gasteiger partial charge in [-0.15, -0.1) is 0 Å². The third-order valence-electron chi connectivity index (χ3n) is 8.42. The molecule has 0 aliphatic carbocycles. The van der Waals surface area contributed by atoms with E-state index in [0.717, 1.165) is 36.9 Å². The number of hydrogen-bond acceptors (Lipinski definition) is 8. The molecule has 6 rings (SSSR count). The number of rotatable bonds is 6. The average molecular weight is 561 g/mol. The van der Waals surface area contributed by atoms with E-state index in [9.17, 15) is 15.2 Å². The van der Waals surface area contributed by atoms with Crippen molar-refractivity contribution >= 4 is 22.8 Å². The van der Waals surface area contributed by atoms with Crippen molar-refractivity contribution in [2.45, 2.75) is 44.2 Å². The Labute approximate surface area is 237 Å². The topological polar surface area (TPSA) is 115 Å². The molecular formula is C30H33FN6O4. The molecule has 0 spiro atoms. The van der Waals surface area contributed by atoms with Crippen molar-refractivity contribution in [3.8, 4) is 29.0 Å². The van der Waals surface area contributed by atoms with E-state index in [2.05, 4.69) is 18.0 Å². The summed E-state index contributed by atoms with van der Waals surface area (Å²) >= 11 is 0. The van der Waals surface area contributed by atoms with Crippen molar-refractivity contribution in [1.82, 2.24) is 19.8 Å². The number of nitrogens with zero attached hydrogens (tertiary/aromatic N) is 6. The lowest BCUT2D eigenvalue weighted by Crippen LogP contribution is -2.55. The fraction of sp³-hybridized carbons (Fsp3) is 0.467. The number of ether oxygens (including phenoxy) is 2. The molecule has 0 unspecified atom stereocenters. The highest BCUT2D eigenvalue weighted by molar-refractivity contribution is 6.00. The van der Waals surface area contributed by atoms with Gasteiger partial charge in [-0.1, -0.05) is 18.2 Å². The van der Waals surface area contributed by atoms with E-state index in [0.29, 0.717) is 60.8 Å². The van der Waals surface area contributed by atoms with Crippen LogP contribution in [0.15, 0.2) is 30.3 Å². The van der Waals surface area contributed by atoms with Crippen LogP contribution in [-0.4, -0.2) is 89.5 Å². The predicted molar refractivity (Wildman–Crippen MR) is 151 cm³/mol. The zero-order valence-corrected chi connectivity index (χ0v) is 23.1. The van der Waals surface area contributed by atoms with E-state index in [-0.39, 0.29) is 30.8 Å². The Balaban J connectivity index is 1.49. The highest BCUT2D eigenvalue weighted by atomic mass is 19.1. The number of benzene rings is 2. The minimum atomic E-state index is -1.04. The van der Waals surface area contributed by atoms with Crippen LogP contribution in [0.1, 0.15) is 31.2 Å². The summed E-state index contributed by atoms with van der Waals surface area (Å²) in [5.41, 5.74) is 2.68. The summed E-state index contributed by atoms with van der Waals surface area (Å²) in [6.07, 6.45) is 2.67. The third-order valence-corrected chi connectivity index (χ3v) is 8.42. The molecule has 3 aliphatic heterocycles. The van der Waals surface area contributed by atoms with E-state index in [4.69, 9.17) is 19.4 Å². The maximum absolute atomic E-state index is 15.1. The molecule has 2 aromatic carbocycles. The molecule has 2 atom stereocenters. The van der Waals surface area contributed by atoms with Crippen molar-refractivity contribution in [2.75, 3.05) is 51.3 Å². The Morgan fingerprint density at radius 3 is 2.80 bits per heavy atom. The van der Waals surface area contributed by atoms with Gasteiger partial charge >= 0.3 is 12.1 Å². The van der Waals surface area contributed by atoms with Crippen LogP contribution >= 0.6 is 0 Å². The van der Waals surface area contributed by atoms with Gasteiger partial charge in [-0.25, -0.2) is 9.18 Å². The number of likely N-dealkylation sites (N-methyl/N-ethyl adjacent to an activating group) is 1. The number of carboxylic acid groups (broad SMARTS) is 1. The molecule has 0 radical (unpaired) electrons. The number of halogens is 1. The lowest BCUT2D eigenvalue weighted by molar-refractivity contribution is 0.119. The second-order valence-corrected chi connectivity index (χ2v) is 10.9. The Bertz CT molecular complexity index is 1510. The van der Waals surface area contributed by atoms with Gasteiger partial charge in [0.15, 0.2) is 0 Å². The Hall–Kier alpha value is -4.17. The molecule has 2 fully saturated rings. The van der Waals surface area contributed by atoms with Crippen LogP contribution in [0, 0.1) is 17.1 Å². The molecule has 3 aromatic rings. The van der Waals surface area contributed by atoms with Crippen molar-refractivity contribution in [3.05, 3.63) is 41.7 Å². The molecule has 11 heteroatoms. The number of amides is 1. The minimum absolute atomic E-state index is 0.0647. The van der Waals surface area contributed by atoms with Gasteiger partial charge in [0.1, 0.15) is 24.0 Å². The molecular weight excluding hydrogens is 527 g/mol. The first-order valence-electron chi connectivity index (χ1n) is 14.1. The summed E-state index contributed by atoms with van der Waals surface area (Å²) in [6, 6.07) is 10.7. The van der Waals surface area contributed by atoms with Gasteiger partial charge in [0.05, 0.1) is 36.0 Å². The number of fused-ring (bicyclic) bond motifs is 3. The number of carbonyl (C=O) groups is 1. The van der Waals surface area contributed by atoms with Gasteiger partial charge in [-0.3, -0.25) is 0 Å². The van der Waals surface area contributed by atoms with Crippen molar-refractivity contribution in [1.29, 1.82) is 5.26 Å². The van der Waals surface area contributed by atoms with Crippen LogP contribution in [0.5, 0.6) is 11.8 Å². The minimum Gasteiger partial charge on any atom is -0.492 e. The van der Waals surface area contributed by atoms with Crippen LogP contribution in [0.3, 0.4) is 0 Å². The van der Waals surface area contributed by atoms with E-state index in [1.54, 1.807) is 12.1 Å². The Morgan fingerprint density at radius 2 is 2.05 bits per heavy atom. The molecule has 4 heterocycles. The first-order chi connectivity index (χ1) is 19.9. The normalized spacial score (nSPS) is 20.9. The number of aromatic nitrogens is 2. The molecule has 0 saturated carbocycles. The molecule has 1 N–H and O–H groups in total.